The lowest BCUT2D eigenvalue weighted by molar-refractivity contribution is -0.143. The average Bonchev–Trinajstić information content (AvgIpc) is 3.57. The predicted octanol–water partition coefficient (Wildman–Crippen LogP) is 2.47. The number of amides is 2. The van der Waals surface area contributed by atoms with E-state index >= 15 is 0 Å². The lowest BCUT2D eigenvalue weighted by Gasteiger charge is -2.35. The van der Waals surface area contributed by atoms with Crippen molar-refractivity contribution in [1.29, 1.82) is 0 Å². The van der Waals surface area contributed by atoms with Crippen molar-refractivity contribution in [3.8, 4) is 11.1 Å². The fraction of sp³-hybridized carbons (Fsp3) is 0.391. The van der Waals surface area contributed by atoms with Gasteiger partial charge in [-0.25, -0.2) is 0 Å². The van der Waals surface area contributed by atoms with Crippen LogP contribution in [0.1, 0.15) is 28.8 Å². The topological polar surface area (TPSA) is 102 Å². The van der Waals surface area contributed by atoms with Crippen LogP contribution in [0.5, 0.6) is 0 Å². The maximum atomic E-state index is 12.9. The van der Waals surface area contributed by atoms with Gasteiger partial charge in [0, 0.05) is 50.0 Å². The summed E-state index contributed by atoms with van der Waals surface area (Å²) >= 11 is 0. The Balaban J connectivity index is 1.41. The Labute approximate surface area is 180 Å². The van der Waals surface area contributed by atoms with E-state index in [4.69, 9.17) is 0 Å². The fourth-order valence-electron chi connectivity index (χ4n) is 3.94. The normalized spacial score (nSPS) is 17.2. The molecule has 1 aliphatic carbocycles. The van der Waals surface area contributed by atoms with Gasteiger partial charge in [0.2, 0.25) is 0 Å². The minimum atomic E-state index is -1.16. The molecule has 0 atom stereocenters. The molecule has 1 saturated heterocycles. The van der Waals surface area contributed by atoms with Crippen molar-refractivity contribution in [1.82, 2.24) is 9.80 Å². The molecule has 2 aromatic carbocycles. The summed E-state index contributed by atoms with van der Waals surface area (Å²) in [4.78, 5) is 39.2. The molecule has 0 aromatic heterocycles. The molecular formula is C23H26N4O4. The maximum Gasteiger partial charge on any atom is 0.254 e. The summed E-state index contributed by atoms with van der Waals surface area (Å²) in [5, 5.41) is 16.0. The van der Waals surface area contributed by atoms with Crippen LogP contribution >= 0.6 is 0 Å². The van der Waals surface area contributed by atoms with Crippen molar-refractivity contribution >= 4 is 17.5 Å². The molecule has 0 bridgehead atoms. The van der Waals surface area contributed by atoms with Gasteiger partial charge in [-0.05, 0) is 48.2 Å². The fourth-order valence-corrected chi connectivity index (χ4v) is 3.94. The first kappa shape index (κ1) is 21.0. The summed E-state index contributed by atoms with van der Waals surface area (Å²) in [5.74, 6) is -0.280. The van der Waals surface area contributed by atoms with Gasteiger partial charge in [0.1, 0.15) is 12.1 Å². The summed E-state index contributed by atoms with van der Waals surface area (Å²) in [5.41, 5.74) is 3.00. The summed E-state index contributed by atoms with van der Waals surface area (Å²) < 4.78 is 0. The minimum absolute atomic E-state index is 0.0693. The Bertz CT molecular complexity index is 993. The number of aliphatic hydroxyl groups is 1. The molecule has 2 aliphatic rings. The minimum Gasteiger partial charge on any atom is -0.388 e. The SMILES string of the molecule is CNc1ccc(-c2ccc(C(=O)N3CCN(C(=O)C4(O)CC4)CC3)cc2)cc1CN=O. The van der Waals surface area contributed by atoms with Crippen molar-refractivity contribution < 1.29 is 14.7 Å². The molecule has 0 radical (unpaired) electrons. The number of nitroso groups, excluding NO2 is 1. The molecule has 162 valence electrons. The highest BCUT2D eigenvalue weighted by Gasteiger charge is 2.50. The molecule has 8 heteroatoms. The van der Waals surface area contributed by atoms with Gasteiger partial charge < -0.3 is 20.2 Å². The lowest BCUT2D eigenvalue weighted by Crippen LogP contribution is -2.53. The standard InChI is InChI=1S/C23H26N4O4/c1-24-20-7-6-18(14-19(20)15-25-31)16-2-4-17(5-3-16)21(28)26-10-12-27(13-11-26)22(29)23(30)8-9-23/h2-7,14,24,30H,8-13,15H2,1H3. The lowest BCUT2D eigenvalue weighted by atomic mass is 10.00. The van der Waals surface area contributed by atoms with E-state index in [1.165, 1.54) is 0 Å². The molecule has 0 unspecified atom stereocenters. The smallest absolute Gasteiger partial charge is 0.254 e. The zero-order chi connectivity index (χ0) is 22.0. The number of rotatable bonds is 6. The molecular weight excluding hydrogens is 396 g/mol. The van der Waals surface area contributed by atoms with Gasteiger partial charge in [0.25, 0.3) is 11.8 Å². The maximum absolute atomic E-state index is 12.9. The number of carbonyl (C=O) groups is 2. The third-order valence-electron chi connectivity index (χ3n) is 6.05. The number of benzene rings is 2. The van der Waals surface area contributed by atoms with E-state index < -0.39 is 5.60 Å². The van der Waals surface area contributed by atoms with E-state index in [0.717, 1.165) is 22.4 Å². The number of piperazine rings is 1. The molecule has 2 N–H and O–H groups in total. The summed E-state index contributed by atoms with van der Waals surface area (Å²) in [6, 6.07) is 13.2. The second-order valence-electron chi connectivity index (χ2n) is 8.10. The van der Waals surface area contributed by atoms with Crippen LogP contribution in [0.25, 0.3) is 11.1 Å². The van der Waals surface area contributed by atoms with Crippen LogP contribution in [0, 0.1) is 4.91 Å². The number of hydrogen-bond donors (Lipinski definition) is 2. The van der Waals surface area contributed by atoms with Crippen molar-refractivity contribution in [2.75, 3.05) is 38.5 Å². The summed E-state index contributed by atoms with van der Waals surface area (Å²) in [6.45, 7) is 1.88. The van der Waals surface area contributed by atoms with Gasteiger partial charge in [0.15, 0.2) is 0 Å². The zero-order valence-corrected chi connectivity index (χ0v) is 17.5. The molecule has 1 heterocycles. The highest BCUT2D eigenvalue weighted by Crippen LogP contribution is 2.37. The van der Waals surface area contributed by atoms with Gasteiger partial charge in [-0.2, -0.15) is 4.91 Å². The first-order chi connectivity index (χ1) is 14.9. The highest BCUT2D eigenvalue weighted by atomic mass is 16.3. The van der Waals surface area contributed by atoms with Crippen LogP contribution in [-0.2, 0) is 11.3 Å². The van der Waals surface area contributed by atoms with Crippen LogP contribution in [0.2, 0.25) is 0 Å². The zero-order valence-electron chi connectivity index (χ0n) is 17.5. The number of carbonyl (C=O) groups excluding carboxylic acids is 2. The summed E-state index contributed by atoms with van der Waals surface area (Å²) in [6.07, 6.45) is 1.06. The van der Waals surface area contributed by atoms with Crippen LogP contribution in [0.4, 0.5) is 5.69 Å². The number of hydrogen-bond acceptors (Lipinski definition) is 6. The van der Waals surface area contributed by atoms with Crippen molar-refractivity contribution in [3.05, 3.63) is 58.5 Å². The van der Waals surface area contributed by atoms with Crippen LogP contribution < -0.4 is 5.32 Å². The van der Waals surface area contributed by atoms with Crippen molar-refractivity contribution in [3.63, 3.8) is 0 Å². The van der Waals surface area contributed by atoms with Crippen LogP contribution in [-0.4, -0.2) is 65.5 Å². The molecule has 2 amide bonds. The molecule has 0 spiro atoms. The van der Waals surface area contributed by atoms with Crippen molar-refractivity contribution in [2.45, 2.75) is 25.0 Å². The van der Waals surface area contributed by atoms with E-state index in [9.17, 15) is 19.6 Å². The van der Waals surface area contributed by atoms with Gasteiger partial charge >= 0.3 is 0 Å². The molecule has 2 aromatic rings. The molecule has 1 saturated carbocycles. The van der Waals surface area contributed by atoms with Gasteiger partial charge in [0.05, 0.1) is 0 Å². The number of nitrogens with zero attached hydrogens (tertiary/aromatic N) is 3. The van der Waals surface area contributed by atoms with E-state index in [1.807, 2.05) is 30.3 Å². The molecule has 31 heavy (non-hydrogen) atoms. The molecule has 8 nitrogen and oxygen atoms in total. The first-order valence-corrected chi connectivity index (χ1v) is 10.5. The van der Waals surface area contributed by atoms with E-state index in [2.05, 4.69) is 10.5 Å². The Morgan fingerprint density at radius 3 is 2.19 bits per heavy atom. The number of nitrogens with one attached hydrogen (secondary N) is 1. The van der Waals surface area contributed by atoms with Gasteiger partial charge in [-0.1, -0.05) is 23.4 Å². The first-order valence-electron chi connectivity index (χ1n) is 10.5. The number of anilines is 1. The molecule has 1 aliphatic heterocycles. The highest BCUT2D eigenvalue weighted by molar-refractivity contribution is 5.95. The van der Waals surface area contributed by atoms with Crippen LogP contribution in [0.15, 0.2) is 47.6 Å². The Morgan fingerprint density at radius 1 is 1.00 bits per heavy atom. The second-order valence-corrected chi connectivity index (χ2v) is 8.10. The van der Waals surface area contributed by atoms with Crippen molar-refractivity contribution in [2.24, 2.45) is 5.18 Å². The van der Waals surface area contributed by atoms with E-state index in [0.29, 0.717) is 44.6 Å². The van der Waals surface area contributed by atoms with Crippen LogP contribution in [0.3, 0.4) is 0 Å². The van der Waals surface area contributed by atoms with Gasteiger partial charge in [-0.15, -0.1) is 0 Å². The van der Waals surface area contributed by atoms with E-state index in [-0.39, 0.29) is 18.4 Å². The Morgan fingerprint density at radius 2 is 1.61 bits per heavy atom. The van der Waals surface area contributed by atoms with E-state index in [1.54, 1.807) is 29.0 Å². The third kappa shape index (κ3) is 4.29. The quantitative estimate of drug-likeness (QED) is 0.697. The average molecular weight is 422 g/mol. The Hall–Kier alpha value is -3.26. The van der Waals surface area contributed by atoms with Gasteiger partial charge in [-0.3, -0.25) is 9.59 Å². The third-order valence-corrected chi connectivity index (χ3v) is 6.05. The molecule has 4 rings (SSSR count). The Kier molecular flexibility index (Phi) is 5.73. The molecule has 2 fully saturated rings. The summed E-state index contributed by atoms with van der Waals surface area (Å²) in [7, 11) is 1.80. The monoisotopic (exact) mass is 422 g/mol. The predicted molar refractivity (Wildman–Crippen MR) is 118 cm³/mol. The largest absolute Gasteiger partial charge is 0.388 e. The second kappa shape index (κ2) is 8.47.